The number of hydrogen-bond acceptors (Lipinski definition) is 2. The van der Waals surface area contributed by atoms with Gasteiger partial charge in [-0.25, -0.2) is 0 Å². The van der Waals surface area contributed by atoms with Gasteiger partial charge in [0.25, 0.3) is 0 Å². The number of nitrogens with one attached hydrogen (secondary N) is 1. The first-order valence-corrected chi connectivity index (χ1v) is 9.84. The van der Waals surface area contributed by atoms with Crippen LogP contribution in [0.5, 0.6) is 0 Å². The average molecular weight is 360 g/mol. The molecule has 0 aliphatic heterocycles. The van der Waals surface area contributed by atoms with Gasteiger partial charge in [-0.3, -0.25) is 4.79 Å². The Kier molecular flexibility index (Phi) is 5.85. The van der Waals surface area contributed by atoms with Crippen LogP contribution in [-0.2, 0) is 10.5 Å². The highest BCUT2D eigenvalue weighted by Crippen LogP contribution is 2.49. The predicted molar refractivity (Wildman–Crippen MR) is 103 cm³/mol. The first-order valence-electron chi connectivity index (χ1n) is 8.30. The number of thioether (sulfide) groups is 1. The van der Waals surface area contributed by atoms with E-state index in [4.69, 9.17) is 11.6 Å². The van der Waals surface area contributed by atoms with Gasteiger partial charge >= 0.3 is 0 Å². The van der Waals surface area contributed by atoms with Crippen molar-refractivity contribution in [3.05, 3.63) is 70.2 Å². The monoisotopic (exact) mass is 359 g/mol. The molecule has 2 nitrogen and oxygen atoms in total. The summed E-state index contributed by atoms with van der Waals surface area (Å²) in [5.74, 6) is 2.46. The van der Waals surface area contributed by atoms with Gasteiger partial charge in [0, 0.05) is 29.0 Å². The van der Waals surface area contributed by atoms with E-state index in [-0.39, 0.29) is 11.8 Å². The van der Waals surface area contributed by atoms with Crippen molar-refractivity contribution >= 4 is 29.3 Å². The Labute approximate surface area is 153 Å². The third-order valence-electron chi connectivity index (χ3n) is 4.37. The minimum atomic E-state index is 0.0898. The number of halogens is 1. The van der Waals surface area contributed by atoms with Gasteiger partial charge in [0.05, 0.1) is 0 Å². The fraction of sp³-hybridized carbons (Fsp3) is 0.350. The SMILES string of the molecule is Cc1ccc(CSCCNC(=O)C2CC2c2ccccc2Cl)cc1. The topological polar surface area (TPSA) is 29.1 Å². The van der Waals surface area contributed by atoms with Gasteiger partial charge in [-0.1, -0.05) is 59.6 Å². The highest BCUT2D eigenvalue weighted by atomic mass is 35.5. The van der Waals surface area contributed by atoms with E-state index in [1.54, 1.807) is 0 Å². The molecule has 1 fully saturated rings. The molecule has 2 aromatic carbocycles. The third-order valence-corrected chi connectivity index (χ3v) is 5.74. The second kappa shape index (κ2) is 8.09. The molecule has 2 atom stereocenters. The molecule has 24 heavy (non-hydrogen) atoms. The van der Waals surface area contributed by atoms with Gasteiger partial charge in [0.1, 0.15) is 0 Å². The molecule has 0 saturated heterocycles. The number of aryl methyl sites for hydroxylation is 1. The quantitative estimate of drug-likeness (QED) is 0.719. The minimum absolute atomic E-state index is 0.0898. The van der Waals surface area contributed by atoms with Crippen LogP contribution < -0.4 is 5.32 Å². The van der Waals surface area contributed by atoms with E-state index in [1.807, 2.05) is 36.0 Å². The number of carbonyl (C=O) groups is 1. The van der Waals surface area contributed by atoms with Gasteiger partial charge < -0.3 is 5.32 Å². The fourth-order valence-electron chi connectivity index (χ4n) is 2.86. The summed E-state index contributed by atoms with van der Waals surface area (Å²) >= 11 is 8.06. The first kappa shape index (κ1) is 17.4. The maximum Gasteiger partial charge on any atom is 0.223 e. The van der Waals surface area contributed by atoms with E-state index in [9.17, 15) is 4.79 Å². The zero-order valence-corrected chi connectivity index (χ0v) is 15.4. The lowest BCUT2D eigenvalue weighted by Crippen LogP contribution is -2.27. The maximum absolute atomic E-state index is 12.2. The van der Waals surface area contributed by atoms with Crippen LogP contribution in [0.2, 0.25) is 5.02 Å². The zero-order valence-electron chi connectivity index (χ0n) is 13.8. The van der Waals surface area contributed by atoms with Crippen molar-refractivity contribution in [3.63, 3.8) is 0 Å². The molecule has 1 amide bonds. The molecule has 1 aliphatic rings. The molecule has 0 radical (unpaired) electrons. The summed E-state index contributed by atoms with van der Waals surface area (Å²) in [6.07, 6.45) is 0.909. The largest absolute Gasteiger partial charge is 0.355 e. The Bertz CT molecular complexity index is 701. The number of hydrogen-bond donors (Lipinski definition) is 1. The Balaban J connectivity index is 1.35. The molecule has 3 rings (SSSR count). The molecule has 2 aromatic rings. The van der Waals surface area contributed by atoms with Crippen LogP contribution >= 0.6 is 23.4 Å². The minimum Gasteiger partial charge on any atom is -0.355 e. The number of rotatable bonds is 7. The fourth-order valence-corrected chi connectivity index (χ4v) is 3.95. The lowest BCUT2D eigenvalue weighted by molar-refractivity contribution is -0.122. The van der Waals surface area contributed by atoms with E-state index in [2.05, 4.69) is 36.5 Å². The van der Waals surface area contributed by atoms with Gasteiger partial charge in [0.15, 0.2) is 0 Å². The van der Waals surface area contributed by atoms with Crippen molar-refractivity contribution in [2.45, 2.75) is 25.0 Å². The number of carbonyl (C=O) groups excluding carboxylic acids is 1. The van der Waals surface area contributed by atoms with Crippen molar-refractivity contribution in [1.29, 1.82) is 0 Å². The molecular weight excluding hydrogens is 338 g/mol. The average Bonchev–Trinajstić information content (AvgIpc) is 3.37. The van der Waals surface area contributed by atoms with Crippen LogP contribution in [0.1, 0.15) is 29.0 Å². The molecule has 1 N–H and O–H groups in total. The number of benzene rings is 2. The van der Waals surface area contributed by atoms with Gasteiger partial charge in [-0.2, -0.15) is 11.8 Å². The summed E-state index contributed by atoms with van der Waals surface area (Å²) in [4.78, 5) is 12.2. The summed E-state index contributed by atoms with van der Waals surface area (Å²) in [5, 5.41) is 3.83. The van der Waals surface area contributed by atoms with Crippen LogP contribution in [0.15, 0.2) is 48.5 Å². The van der Waals surface area contributed by atoms with Gasteiger partial charge in [-0.05, 0) is 36.5 Å². The molecule has 4 heteroatoms. The Morgan fingerprint density at radius 2 is 1.96 bits per heavy atom. The van der Waals surface area contributed by atoms with Crippen LogP contribution in [-0.4, -0.2) is 18.2 Å². The first-order chi connectivity index (χ1) is 11.6. The van der Waals surface area contributed by atoms with Crippen LogP contribution in [0.3, 0.4) is 0 Å². The van der Waals surface area contributed by atoms with Crippen molar-refractivity contribution in [1.82, 2.24) is 5.32 Å². The standard InChI is InChI=1S/C20H22ClNOS/c1-14-6-8-15(9-7-14)13-24-11-10-22-20(23)18-12-17(18)16-4-2-3-5-19(16)21/h2-9,17-18H,10-13H2,1H3,(H,22,23). The summed E-state index contributed by atoms with van der Waals surface area (Å²) in [5.41, 5.74) is 3.72. The van der Waals surface area contributed by atoms with Crippen LogP contribution in [0.4, 0.5) is 0 Å². The molecular formula is C20H22ClNOS. The summed E-state index contributed by atoms with van der Waals surface area (Å²) < 4.78 is 0. The second-order valence-electron chi connectivity index (χ2n) is 6.30. The highest BCUT2D eigenvalue weighted by molar-refractivity contribution is 7.98. The van der Waals surface area contributed by atoms with E-state index in [0.29, 0.717) is 5.92 Å². The Hall–Kier alpha value is -1.45. The lowest BCUT2D eigenvalue weighted by Gasteiger charge is -2.06. The van der Waals surface area contributed by atoms with Crippen molar-refractivity contribution in [2.75, 3.05) is 12.3 Å². The molecule has 1 aliphatic carbocycles. The lowest BCUT2D eigenvalue weighted by atomic mass is 10.1. The van der Waals surface area contributed by atoms with Crippen molar-refractivity contribution in [2.24, 2.45) is 5.92 Å². The summed E-state index contributed by atoms with van der Waals surface area (Å²) in [6.45, 7) is 2.82. The molecule has 0 bridgehead atoms. The van der Waals surface area contributed by atoms with Crippen LogP contribution in [0, 0.1) is 12.8 Å². The Morgan fingerprint density at radius 1 is 1.21 bits per heavy atom. The Morgan fingerprint density at radius 3 is 2.71 bits per heavy atom. The molecule has 0 heterocycles. The normalized spacial score (nSPS) is 19.1. The predicted octanol–water partition coefficient (Wildman–Crippen LogP) is 4.80. The van der Waals surface area contributed by atoms with E-state index in [0.717, 1.165) is 35.1 Å². The zero-order chi connectivity index (χ0) is 16.9. The van der Waals surface area contributed by atoms with Gasteiger partial charge in [0.2, 0.25) is 5.91 Å². The van der Waals surface area contributed by atoms with E-state index in [1.165, 1.54) is 11.1 Å². The second-order valence-corrected chi connectivity index (χ2v) is 7.81. The highest BCUT2D eigenvalue weighted by Gasteiger charge is 2.44. The third kappa shape index (κ3) is 4.55. The molecule has 0 spiro atoms. The van der Waals surface area contributed by atoms with Crippen molar-refractivity contribution < 1.29 is 4.79 Å². The summed E-state index contributed by atoms with van der Waals surface area (Å²) in [6, 6.07) is 16.4. The maximum atomic E-state index is 12.2. The molecule has 126 valence electrons. The number of amides is 1. The molecule has 0 aromatic heterocycles. The molecule has 1 saturated carbocycles. The summed E-state index contributed by atoms with van der Waals surface area (Å²) in [7, 11) is 0. The van der Waals surface area contributed by atoms with E-state index < -0.39 is 0 Å². The van der Waals surface area contributed by atoms with E-state index >= 15 is 0 Å². The smallest absolute Gasteiger partial charge is 0.223 e. The molecule has 2 unspecified atom stereocenters. The van der Waals surface area contributed by atoms with Crippen molar-refractivity contribution in [3.8, 4) is 0 Å². The van der Waals surface area contributed by atoms with Gasteiger partial charge in [-0.15, -0.1) is 0 Å². The van der Waals surface area contributed by atoms with Crippen LogP contribution in [0.25, 0.3) is 0 Å².